The highest BCUT2D eigenvalue weighted by molar-refractivity contribution is 9.10. The molecule has 1 unspecified atom stereocenters. The Morgan fingerprint density at radius 3 is 2.84 bits per heavy atom. The lowest BCUT2D eigenvalue weighted by Gasteiger charge is -2.33. The van der Waals surface area contributed by atoms with E-state index in [1.807, 2.05) is 12.1 Å². The minimum absolute atomic E-state index is 0.00766. The molecule has 19 heavy (non-hydrogen) atoms. The largest absolute Gasteiger partial charge is 0.324 e. The molecule has 1 amide bonds. The molecule has 2 aliphatic rings. The van der Waals surface area contributed by atoms with Crippen LogP contribution in [0.2, 0.25) is 0 Å². The summed E-state index contributed by atoms with van der Waals surface area (Å²) in [7, 11) is 0. The van der Waals surface area contributed by atoms with E-state index in [1.54, 1.807) is 0 Å². The maximum absolute atomic E-state index is 12.4. The highest BCUT2D eigenvalue weighted by atomic mass is 79.9. The van der Waals surface area contributed by atoms with Gasteiger partial charge in [0.05, 0.1) is 6.04 Å². The van der Waals surface area contributed by atoms with Crippen molar-refractivity contribution >= 4 is 27.5 Å². The second-order valence-electron chi connectivity index (χ2n) is 5.13. The molecule has 0 aromatic heterocycles. The van der Waals surface area contributed by atoms with E-state index < -0.39 is 0 Å². The topological polar surface area (TPSA) is 44.4 Å². The van der Waals surface area contributed by atoms with Crippen molar-refractivity contribution < 1.29 is 4.79 Å². The van der Waals surface area contributed by atoms with Crippen LogP contribution in [-0.2, 0) is 11.2 Å². The number of nitrogens with one attached hydrogen (secondary N) is 2. The van der Waals surface area contributed by atoms with Crippen molar-refractivity contribution in [2.24, 2.45) is 0 Å². The standard InChI is InChI=1S/C14H18BrN3O/c15-11-2-3-12-10(9-11)1-4-13(14(19)17-12)18-7-5-16-6-8-18/h2-3,9,13,16H,1,4-8H2,(H,17,19). The van der Waals surface area contributed by atoms with Gasteiger partial charge in [-0.25, -0.2) is 0 Å². The molecule has 1 fully saturated rings. The van der Waals surface area contributed by atoms with Crippen LogP contribution in [0.25, 0.3) is 0 Å². The van der Waals surface area contributed by atoms with Crippen LogP contribution in [0.4, 0.5) is 5.69 Å². The second-order valence-corrected chi connectivity index (χ2v) is 6.05. The molecule has 0 bridgehead atoms. The summed E-state index contributed by atoms with van der Waals surface area (Å²) < 4.78 is 1.07. The van der Waals surface area contributed by atoms with E-state index in [-0.39, 0.29) is 11.9 Å². The third-order valence-corrected chi connectivity index (χ3v) is 4.40. The van der Waals surface area contributed by atoms with Gasteiger partial charge in [0, 0.05) is 36.3 Å². The van der Waals surface area contributed by atoms with Crippen molar-refractivity contribution in [1.82, 2.24) is 10.2 Å². The number of hydrogen-bond acceptors (Lipinski definition) is 3. The van der Waals surface area contributed by atoms with E-state index in [0.29, 0.717) is 0 Å². The van der Waals surface area contributed by atoms with Gasteiger partial charge in [0.2, 0.25) is 5.91 Å². The summed E-state index contributed by atoms with van der Waals surface area (Å²) in [6.07, 6.45) is 1.84. The Hall–Kier alpha value is -0.910. The molecule has 1 atom stereocenters. The molecule has 3 rings (SSSR count). The van der Waals surface area contributed by atoms with Gasteiger partial charge in [-0.2, -0.15) is 0 Å². The average molecular weight is 324 g/mol. The molecule has 0 spiro atoms. The molecular weight excluding hydrogens is 306 g/mol. The zero-order valence-corrected chi connectivity index (χ0v) is 12.4. The van der Waals surface area contributed by atoms with Crippen LogP contribution in [0.5, 0.6) is 0 Å². The first-order valence-corrected chi connectivity index (χ1v) is 7.57. The summed E-state index contributed by atoms with van der Waals surface area (Å²) in [6.45, 7) is 3.86. The number of carbonyl (C=O) groups is 1. The quantitative estimate of drug-likeness (QED) is 0.825. The first-order valence-electron chi connectivity index (χ1n) is 6.78. The number of nitrogens with zero attached hydrogens (tertiary/aromatic N) is 1. The van der Waals surface area contributed by atoms with Gasteiger partial charge in [-0.3, -0.25) is 9.69 Å². The normalized spacial score (nSPS) is 24.5. The van der Waals surface area contributed by atoms with E-state index in [0.717, 1.165) is 49.2 Å². The van der Waals surface area contributed by atoms with Crippen LogP contribution in [0, 0.1) is 0 Å². The van der Waals surface area contributed by atoms with Crippen LogP contribution in [0.1, 0.15) is 12.0 Å². The number of anilines is 1. The SMILES string of the molecule is O=C1Nc2ccc(Br)cc2CCC1N1CCNCC1. The Morgan fingerprint density at radius 1 is 1.26 bits per heavy atom. The molecule has 2 aliphatic heterocycles. The number of amides is 1. The summed E-state index contributed by atoms with van der Waals surface area (Å²) in [5.74, 6) is 0.142. The van der Waals surface area contributed by atoms with Crippen LogP contribution in [0.3, 0.4) is 0 Å². The minimum Gasteiger partial charge on any atom is -0.324 e. The number of piperazine rings is 1. The molecule has 1 aromatic rings. The molecular formula is C14H18BrN3O. The third-order valence-electron chi connectivity index (χ3n) is 3.91. The molecule has 0 radical (unpaired) electrons. The predicted molar refractivity (Wildman–Crippen MR) is 79.3 cm³/mol. The number of carbonyl (C=O) groups excluding carboxylic acids is 1. The molecule has 2 N–H and O–H groups in total. The fourth-order valence-electron chi connectivity index (χ4n) is 2.87. The Balaban J connectivity index is 1.79. The van der Waals surface area contributed by atoms with Gasteiger partial charge in [-0.05, 0) is 36.6 Å². The fraction of sp³-hybridized carbons (Fsp3) is 0.500. The van der Waals surface area contributed by atoms with Gasteiger partial charge in [-0.1, -0.05) is 15.9 Å². The first-order chi connectivity index (χ1) is 9.24. The lowest BCUT2D eigenvalue weighted by Crippen LogP contribution is -2.52. The van der Waals surface area contributed by atoms with Crippen LogP contribution in [-0.4, -0.2) is 43.0 Å². The Kier molecular flexibility index (Phi) is 3.86. The van der Waals surface area contributed by atoms with Crippen LogP contribution >= 0.6 is 15.9 Å². The van der Waals surface area contributed by atoms with E-state index >= 15 is 0 Å². The summed E-state index contributed by atoms with van der Waals surface area (Å²) in [5.41, 5.74) is 2.19. The van der Waals surface area contributed by atoms with Gasteiger partial charge in [0.25, 0.3) is 0 Å². The summed E-state index contributed by atoms with van der Waals surface area (Å²) in [5, 5.41) is 6.40. The lowest BCUT2D eigenvalue weighted by molar-refractivity contribution is -0.121. The number of benzene rings is 1. The molecule has 1 saturated heterocycles. The van der Waals surface area contributed by atoms with E-state index in [1.165, 1.54) is 5.56 Å². The summed E-state index contributed by atoms with van der Waals surface area (Å²) >= 11 is 3.49. The zero-order chi connectivity index (χ0) is 13.2. The highest BCUT2D eigenvalue weighted by Gasteiger charge is 2.29. The summed E-state index contributed by atoms with van der Waals surface area (Å²) in [4.78, 5) is 14.7. The van der Waals surface area contributed by atoms with Crippen molar-refractivity contribution in [3.63, 3.8) is 0 Å². The van der Waals surface area contributed by atoms with Gasteiger partial charge < -0.3 is 10.6 Å². The molecule has 4 nitrogen and oxygen atoms in total. The van der Waals surface area contributed by atoms with Gasteiger partial charge >= 0.3 is 0 Å². The first kappa shape index (κ1) is 13.1. The van der Waals surface area contributed by atoms with E-state index in [9.17, 15) is 4.79 Å². The average Bonchev–Trinajstić information content (AvgIpc) is 2.58. The lowest BCUT2D eigenvalue weighted by atomic mass is 10.0. The molecule has 102 valence electrons. The van der Waals surface area contributed by atoms with E-state index in [4.69, 9.17) is 0 Å². The molecule has 0 saturated carbocycles. The van der Waals surface area contributed by atoms with Crippen molar-refractivity contribution in [1.29, 1.82) is 0 Å². The van der Waals surface area contributed by atoms with Gasteiger partial charge in [0.1, 0.15) is 0 Å². The Labute approximate surface area is 121 Å². The third kappa shape index (κ3) is 2.83. The van der Waals surface area contributed by atoms with Crippen molar-refractivity contribution in [3.05, 3.63) is 28.2 Å². The van der Waals surface area contributed by atoms with Crippen LogP contribution in [0.15, 0.2) is 22.7 Å². The number of aryl methyl sites for hydroxylation is 1. The maximum atomic E-state index is 12.4. The highest BCUT2D eigenvalue weighted by Crippen LogP contribution is 2.27. The minimum atomic E-state index is 0.00766. The van der Waals surface area contributed by atoms with Gasteiger partial charge in [0.15, 0.2) is 0 Å². The second kappa shape index (κ2) is 5.61. The maximum Gasteiger partial charge on any atom is 0.241 e. The van der Waals surface area contributed by atoms with Gasteiger partial charge in [-0.15, -0.1) is 0 Å². The number of halogens is 1. The molecule has 0 aliphatic carbocycles. The number of fused-ring (bicyclic) bond motifs is 1. The smallest absolute Gasteiger partial charge is 0.241 e. The summed E-state index contributed by atoms with van der Waals surface area (Å²) in [6, 6.07) is 6.07. The predicted octanol–water partition coefficient (Wildman–Crippen LogP) is 1.61. The molecule has 5 heteroatoms. The van der Waals surface area contributed by atoms with E-state index in [2.05, 4.69) is 37.5 Å². The van der Waals surface area contributed by atoms with Crippen molar-refractivity contribution in [3.8, 4) is 0 Å². The zero-order valence-electron chi connectivity index (χ0n) is 10.8. The monoisotopic (exact) mass is 323 g/mol. The molecule has 2 heterocycles. The van der Waals surface area contributed by atoms with Crippen molar-refractivity contribution in [2.45, 2.75) is 18.9 Å². The number of hydrogen-bond donors (Lipinski definition) is 2. The Morgan fingerprint density at radius 2 is 2.05 bits per heavy atom. The van der Waals surface area contributed by atoms with Crippen LogP contribution < -0.4 is 10.6 Å². The number of rotatable bonds is 1. The van der Waals surface area contributed by atoms with Crippen molar-refractivity contribution in [2.75, 3.05) is 31.5 Å². The Bertz CT molecular complexity index is 486. The molecule has 1 aromatic carbocycles. The fourth-order valence-corrected chi connectivity index (χ4v) is 3.28.